The first-order valence-corrected chi connectivity index (χ1v) is 4.33. The summed E-state index contributed by atoms with van der Waals surface area (Å²) in [5, 5.41) is 0.769. The molecule has 0 aromatic carbocycles. The lowest BCUT2D eigenvalue weighted by molar-refractivity contribution is 0.561. The van der Waals surface area contributed by atoms with Gasteiger partial charge in [-0.25, -0.2) is 4.98 Å². The fraction of sp³-hybridized carbons (Fsp3) is 0.250. The highest BCUT2D eigenvalue weighted by molar-refractivity contribution is 7.99. The van der Waals surface area contributed by atoms with Crippen LogP contribution >= 0.6 is 11.8 Å². The van der Waals surface area contributed by atoms with E-state index in [1.807, 2.05) is 13.2 Å². The van der Waals surface area contributed by atoms with Crippen molar-refractivity contribution in [2.24, 2.45) is 0 Å². The maximum atomic E-state index is 10.3. The smallest absolute Gasteiger partial charge is 0.236 e. The molecule has 0 aliphatic heterocycles. The SMILES string of the molecule is CCSc1ncccc1[C]=O. The first-order chi connectivity index (χ1) is 5.38. The van der Waals surface area contributed by atoms with Crippen LogP contribution in [0.4, 0.5) is 0 Å². The quantitative estimate of drug-likeness (QED) is 0.639. The Hall–Kier alpha value is -0.830. The number of thioether (sulfide) groups is 1. The summed E-state index contributed by atoms with van der Waals surface area (Å²) in [6.07, 6.45) is 3.53. The van der Waals surface area contributed by atoms with Gasteiger partial charge in [-0.05, 0) is 17.9 Å². The van der Waals surface area contributed by atoms with Crippen LogP contribution in [0.25, 0.3) is 0 Å². The van der Waals surface area contributed by atoms with Gasteiger partial charge in [-0.2, -0.15) is 0 Å². The van der Waals surface area contributed by atoms with Gasteiger partial charge < -0.3 is 0 Å². The lowest BCUT2D eigenvalue weighted by Gasteiger charge is -1.97. The molecule has 1 heterocycles. The minimum absolute atomic E-state index is 0.555. The molecular formula is C8H8NOS. The van der Waals surface area contributed by atoms with Crippen molar-refractivity contribution in [1.82, 2.24) is 4.98 Å². The second-order valence-electron chi connectivity index (χ2n) is 1.89. The molecule has 0 N–H and O–H groups in total. The molecule has 2 nitrogen and oxygen atoms in total. The number of hydrogen-bond acceptors (Lipinski definition) is 3. The zero-order chi connectivity index (χ0) is 8.10. The van der Waals surface area contributed by atoms with Crippen molar-refractivity contribution in [3.63, 3.8) is 0 Å². The molecule has 0 spiro atoms. The highest BCUT2D eigenvalue weighted by Crippen LogP contribution is 2.17. The Bertz CT molecular complexity index is 250. The van der Waals surface area contributed by atoms with E-state index in [0.29, 0.717) is 5.56 Å². The number of aromatic nitrogens is 1. The standard InChI is InChI=1S/C8H8NOS/c1-2-11-8-7(6-10)4-3-5-9-8/h3-5H,2H2,1H3. The summed E-state index contributed by atoms with van der Waals surface area (Å²) in [6, 6.07) is 3.46. The van der Waals surface area contributed by atoms with Crippen LogP contribution in [0.15, 0.2) is 23.4 Å². The van der Waals surface area contributed by atoms with Crippen molar-refractivity contribution in [2.75, 3.05) is 5.75 Å². The first kappa shape index (κ1) is 8.27. The highest BCUT2D eigenvalue weighted by Gasteiger charge is 2.00. The Kier molecular flexibility index (Phi) is 3.11. The molecule has 0 atom stereocenters. The Labute approximate surface area is 70.0 Å². The summed E-state index contributed by atoms with van der Waals surface area (Å²) in [6.45, 7) is 2.02. The van der Waals surface area contributed by atoms with Gasteiger partial charge in [-0.3, -0.25) is 4.79 Å². The summed E-state index contributed by atoms with van der Waals surface area (Å²) < 4.78 is 0. The van der Waals surface area contributed by atoms with Crippen LogP contribution in [-0.2, 0) is 4.79 Å². The molecule has 0 fully saturated rings. The molecule has 11 heavy (non-hydrogen) atoms. The highest BCUT2D eigenvalue weighted by atomic mass is 32.2. The van der Waals surface area contributed by atoms with E-state index in [9.17, 15) is 4.79 Å². The van der Waals surface area contributed by atoms with Crippen LogP contribution in [0.2, 0.25) is 0 Å². The van der Waals surface area contributed by atoms with Gasteiger partial charge in [0.15, 0.2) is 0 Å². The molecule has 0 unspecified atom stereocenters. The topological polar surface area (TPSA) is 30.0 Å². The van der Waals surface area contributed by atoms with Crippen LogP contribution in [0.1, 0.15) is 12.5 Å². The molecule has 1 rings (SSSR count). The Balaban J connectivity index is 2.92. The van der Waals surface area contributed by atoms with E-state index in [1.165, 1.54) is 0 Å². The number of pyridine rings is 1. The van der Waals surface area contributed by atoms with Crippen molar-refractivity contribution in [3.05, 3.63) is 23.9 Å². The van der Waals surface area contributed by atoms with Gasteiger partial charge >= 0.3 is 0 Å². The third-order valence-electron chi connectivity index (χ3n) is 1.16. The van der Waals surface area contributed by atoms with Crippen LogP contribution in [0, 0.1) is 0 Å². The molecule has 0 aliphatic rings. The summed E-state index contributed by atoms with van der Waals surface area (Å²) in [4.78, 5) is 14.4. The van der Waals surface area contributed by atoms with Gasteiger partial charge in [0.1, 0.15) is 5.03 Å². The molecule has 0 aliphatic carbocycles. The summed E-state index contributed by atoms with van der Waals surface area (Å²) in [5.74, 6) is 0.922. The first-order valence-electron chi connectivity index (χ1n) is 3.34. The van der Waals surface area contributed by atoms with E-state index >= 15 is 0 Å². The Morgan fingerprint density at radius 1 is 1.73 bits per heavy atom. The molecule has 1 aromatic heterocycles. The molecule has 57 valence electrons. The molecule has 0 bridgehead atoms. The lowest BCUT2D eigenvalue weighted by atomic mass is 10.3. The van der Waals surface area contributed by atoms with E-state index in [2.05, 4.69) is 4.98 Å². The number of hydrogen-bond donors (Lipinski definition) is 0. The molecule has 0 saturated heterocycles. The maximum Gasteiger partial charge on any atom is 0.236 e. The predicted octanol–water partition coefficient (Wildman–Crippen LogP) is 1.65. The number of rotatable bonds is 3. The second-order valence-corrected chi connectivity index (χ2v) is 3.14. The van der Waals surface area contributed by atoms with Crippen LogP contribution in [-0.4, -0.2) is 17.0 Å². The molecule has 3 heteroatoms. The fourth-order valence-corrected chi connectivity index (χ4v) is 1.39. The van der Waals surface area contributed by atoms with Crippen LogP contribution in [0.5, 0.6) is 0 Å². The Morgan fingerprint density at radius 2 is 2.55 bits per heavy atom. The third-order valence-corrected chi connectivity index (χ3v) is 2.05. The maximum absolute atomic E-state index is 10.3. The average Bonchev–Trinajstić information content (AvgIpc) is 2.06. The zero-order valence-electron chi connectivity index (χ0n) is 6.20. The molecule has 1 radical (unpaired) electrons. The predicted molar refractivity (Wildman–Crippen MR) is 45.4 cm³/mol. The van der Waals surface area contributed by atoms with Crippen molar-refractivity contribution in [1.29, 1.82) is 0 Å². The van der Waals surface area contributed by atoms with Gasteiger partial charge in [0.25, 0.3) is 0 Å². The van der Waals surface area contributed by atoms with Crippen LogP contribution < -0.4 is 0 Å². The van der Waals surface area contributed by atoms with E-state index < -0.39 is 0 Å². The summed E-state index contributed by atoms with van der Waals surface area (Å²) in [7, 11) is 0. The third kappa shape index (κ3) is 2.05. The van der Waals surface area contributed by atoms with E-state index in [-0.39, 0.29) is 0 Å². The Morgan fingerprint density at radius 3 is 3.18 bits per heavy atom. The number of carbonyl (C=O) groups excluding carboxylic acids is 1. The minimum atomic E-state index is 0.555. The normalized spacial score (nSPS) is 9.55. The molecular weight excluding hydrogens is 158 g/mol. The fourth-order valence-electron chi connectivity index (χ4n) is 0.720. The second kappa shape index (κ2) is 4.13. The van der Waals surface area contributed by atoms with Gasteiger partial charge in [0, 0.05) is 6.20 Å². The van der Waals surface area contributed by atoms with E-state index in [0.717, 1.165) is 10.8 Å². The van der Waals surface area contributed by atoms with E-state index in [4.69, 9.17) is 0 Å². The zero-order valence-corrected chi connectivity index (χ0v) is 7.02. The summed E-state index contributed by atoms with van der Waals surface area (Å²) >= 11 is 1.55. The molecule has 1 aromatic rings. The van der Waals surface area contributed by atoms with Crippen molar-refractivity contribution in [2.45, 2.75) is 11.9 Å². The van der Waals surface area contributed by atoms with Crippen molar-refractivity contribution >= 4 is 18.0 Å². The van der Waals surface area contributed by atoms with Gasteiger partial charge in [-0.15, -0.1) is 11.8 Å². The van der Waals surface area contributed by atoms with E-state index in [1.54, 1.807) is 30.1 Å². The summed E-state index contributed by atoms with van der Waals surface area (Å²) in [5.41, 5.74) is 0.555. The largest absolute Gasteiger partial charge is 0.285 e. The van der Waals surface area contributed by atoms with Gasteiger partial charge in [0.2, 0.25) is 6.29 Å². The van der Waals surface area contributed by atoms with Crippen LogP contribution in [0.3, 0.4) is 0 Å². The lowest BCUT2D eigenvalue weighted by Crippen LogP contribution is -1.88. The minimum Gasteiger partial charge on any atom is -0.285 e. The van der Waals surface area contributed by atoms with Crippen molar-refractivity contribution in [3.8, 4) is 0 Å². The number of nitrogens with zero attached hydrogens (tertiary/aromatic N) is 1. The molecule has 0 saturated carbocycles. The monoisotopic (exact) mass is 166 g/mol. The van der Waals surface area contributed by atoms with Gasteiger partial charge in [-0.1, -0.05) is 6.92 Å². The van der Waals surface area contributed by atoms with Gasteiger partial charge in [0.05, 0.1) is 5.56 Å². The van der Waals surface area contributed by atoms with Crippen molar-refractivity contribution < 1.29 is 4.79 Å². The molecule has 0 amide bonds. The average molecular weight is 166 g/mol.